The number of benzene rings is 2. The number of para-hydroxylation sites is 1. The summed E-state index contributed by atoms with van der Waals surface area (Å²) >= 11 is 0. The first-order valence-electron chi connectivity index (χ1n) is 10.9. The summed E-state index contributed by atoms with van der Waals surface area (Å²) in [6.07, 6.45) is 1.83. The standard InChI is InChI=1S/C24H25N3O5/c1-24-11-9-22(29)27(24)18-6-3-2-5-17(18)23(30)26(24)12-10-21(28)25-16-7-8-19-20(15-16)32-14-4-13-31-19/h2-3,5-8,15H,4,9-14H2,1H3,(H,25,28). The summed E-state index contributed by atoms with van der Waals surface area (Å²) in [5, 5.41) is 2.87. The van der Waals surface area contributed by atoms with Crippen LogP contribution in [0.15, 0.2) is 42.5 Å². The van der Waals surface area contributed by atoms with Gasteiger partial charge in [-0.3, -0.25) is 19.3 Å². The zero-order valence-electron chi connectivity index (χ0n) is 17.9. The first-order chi connectivity index (χ1) is 15.5. The number of hydrogen-bond acceptors (Lipinski definition) is 5. The van der Waals surface area contributed by atoms with Crippen LogP contribution in [-0.2, 0) is 9.59 Å². The molecular formula is C24H25N3O5. The molecule has 8 heteroatoms. The molecule has 1 fully saturated rings. The van der Waals surface area contributed by atoms with Crippen molar-refractivity contribution in [3.63, 3.8) is 0 Å². The van der Waals surface area contributed by atoms with Crippen molar-refractivity contribution in [2.45, 2.75) is 38.3 Å². The number of nitrogens with zero attached hydrogens (tertiary/aromatic N) is 2. The molecule has 0 saturated carbocycles. The van der Waals surface area contributed by atoms with Crippen molar-refractivity contribution in [1.82, 2.24) is 4.90 Å². The van der Waals surface area contributed by atoms with Crippen LogP contribution >= 0.6 is 0 Å². The third kappa shape index (κ3) is 3.36. The molecule has 8 nitrogen and oxygen atoms in total. The Labute approximate surface area is 186 Å². The zero-order valence-corrected chi connectivity index (χ0v) is 17.9. The second kappa shape index (κ2) is 7.85. The summed E-state index contributed by atoms with van der Waals surface area (Å²) in [4.78, 5) is 42.0. The predicted molar refractivity (Wildman–Crippen MR) is 118 cm³/mol. The van der Waals surface area contributed by atoms with E-state index in [1.54, 1.807) is 40.1 Å². The molecule has 5 rings (SSSR count). The lowest BCUT2D eigenvalue weighted by Crippen LogP contribution is -2.62. The van der Waals surface area contributed by atoms with Crippen molar-refractivity contribution >= 4 is 29.1 Å². The smallest absolute Gasteiger partial charge is 0.257 e. The average molecular weight is 435 g/mol. The minimum atomic E-state index is -0.766. The van der Waals surface area contributed by atoms with Gasteiger partial charge in [0.2, 0.25) is 11.8 Å². The van der Waals surface area contributed by atoms with Crippen molar-refractivity contribution in [3.05, 3.63) is 48.0 Å². The second-order valence-corrected chi connectivity index (χ2v) is 8.43. The minimum Gasteiger partial charge on any atom is -0.490 e. The van der Waals surface area contributed by atoms with Crippen LogP contribution in [0.4, 0.5) is 11.4 Å². The highest BCUT2D eigenvalue weighted by Gasteiger charge is 2.52. The number of anilines is 2. The number of nitrogens with one attached hydrogen (secondary N) is 1. The quantitative estimate of drug-likeness (QED) is 0.797. The van der Waals surface area contributed by atoms with Crippen LogP contribution in [-0.4, -0.2) is 48.0 Å². The maximum Gasteiger partial charge on any atom is 0.257 e. The van der Waals surface area contributed by atoms with Gasteiger partial charge in [-0.15, -0.1) is 0 Å². The summed E-state index contributed by atoms with van der Waals surface area (Å²) < 4.78 is 11.3. The molecule has 1 saturated heterocycles. The van der Waals surface area contributed by atoms with Gasteiger partial charge in [0, 0.05) is 37.6 Å². The molecule has 2 aromatic carbocycles. The Hall–Kier alpha value is -3.55. The molecule has 0 spiro atoms. The fourth-order valence-corrected chi connectivity index (χ4v) is 4.72. The topological polar surface area (TPSA) is 88.2 Å². The van der Waals surface area contributed by atoms with E-state index in [2.05, 4.69) is 5.32 Å². The molecule has 0 aliphatic carbocycles. The van der Waals surface area contributed by atoms with Gasteiger partial charge in [-0.1, -0.05) is 12.1 Å². The van der Waals surface area contributed by atoms with E-state index in [4.69, 9.17) is 9.47 Å². The number of carbonyl (C=O) groups excluding carboxylic acids is 3. The Bertz CT molecular complexity index is 1100. The molecule has 0 radical (unpaired) electrons. The third-order valence-electron chi connectivity index (χ3n) is 6.34. The van der Waals surface area contributed by atoms with Gasteiger partial charge in [0.15, 0.2) is 11.5 Å². The van der Waals surface area contributed by atoms with Crippen LogP contribution in [0.25, 0.3) is 0 Å². The lowest BCUT2D eigenvalue weighted by molar-refractivity contribution is -0.117. The highest BCUT2D eigenvalue weighted by molar-refractivity contribution is 6.10. The molecule has 2 aromatic rings. The molecule has 3 aliphatic rings. The average Bonchev–Trinajstić information content (AvgIpc) is 2.95. The van der Waals surface area contributed by atoms with Gasteiger partial charge >= 0.3 is 0 Å². The fraction of sp³-hybridized carbons (Fsp3) is 0.375. The van der Waals surface area contributed by atoms with Crippen molar-refractivity contribution in [3.8, 4) is 11.5 Å². The van der Waals surface area contributed by atoms with Gasteiger partial charge in [-0.05, 0) is 37.6 Å². The van der Waals surface area contributed by atoms with Gasteiger partial charge in [0.05, 0.1) is 24.5 Å². The first-order valence-corrected chi connectivity index (χ1v) is 10.9. The van der Waals surface area contributed by atoms with E-state index in [1.165, 1.54) is 0 Å². The molecular weight excluding hydrogens is 410 g/mol. The van der Waals surface area contributed by atoms with Crippen molar-refractivity contribution in [2.24, 2.45) is 0 Å². The normalized spacial score (nSPS) is 21.7. The molecule has 3 amide bonds. The number of carbonyl (C=O) groups is 3. The van der Waals surface area contributed by atoms with Crippen LogP contribution in [0.2, 0.25) is 0 Å². The summed E-state index contributed by atoms with van der Waals surface area (Å²) in [6, 6.07) is 12.5. The Kier molecular flexibility index (Phi) is 5.00. The Morgan fingerprint density at radius 2 is 1.88 bits per heavy atom. The summed E-state index contributed by atoms with van der Waals surface area (Å²) in [6.45, 7) is 3.28. The monoisotopic (exact) mass is 435 g/mol. The highest BCUT2D eigenvalue weighted by atomic mass is 16.5. The molecule has 0 aromatic heterocycles. The van der Waals surface area contributed by atoms with Gasteiger partial charge in [-0.2, -0.15) is 0 Å². The molecule has 3 aliphatic heterocycles. The summed E-state index contributed by atoms with van der Waals surface area (Å²) in [5.41, 5.74) is 0.982. The lowest BCUT2D eigenvalue weighted by atomic mass is 9.98. The van der Waals surface area contributed by atoms with Gasteiger partial charge in [0.25, 0.3) is 5.91 Å². The largest absolute Gasteiger partial charge is 0.490 e. The number of ether oxygens (including phenoxy) is 2. The second-order valence-electron chi connectivity index (χ2n) is 8.43. The van der Waals surface area contributed by atoms with E-state index in [1.807, 2.05) is 19.1 Å². The number of fused-ring (bicyclic) bond motifs is 4. The molecule has 3 heterocycles. The van der Waals surface area contributed by atoms with E-state index < -0.39 is 5.66 Å². The van der Waals surface area contributed by atoms with Crippen LogP contribution in [0, 0.1) is 0 Å². The van der Waals surface area contributed by atoms with E-state index in [-0.39, 0.29) is 30.7 Å². The van der Waals surface area contributed by atoms with Crippen molar-refractivity contribution in [1.29, 1.82) is 0 Å². The van der Waals surface area contributed by atoms with E-state index >= 15 is 0 Å². The Morgan fingerprint density at radius 1 is 1.09 bits per heavy atom. The Morgan fingerprint density at radius 3 is 2.72 bits per heavy atom. The number of rotatable bonds is 4. The molecule has 1 unspecified atom stereocenters. The third-order valence-corrected chi connectivity index (χ3v) is 6.34. The molecule has 1 atom stereocenters. The van der Waals surface area contributed by atoms with E-state index in [0.717, 1.165) is 6.42 Å². The minimum absolute atomic E-state index is 0.00546. The first kappa shape index (κ1) is 20.4. The summed E-state index contributed by atoms with van der Waals surface area (Å²) in [5.74, 6) is 0.893. The molecule has 166 valence electrons. The van der Waals surface area contributed by atoms with Crippen LogP contribution in [0.5, 0.6) is 11.5 Å². The SMILES string of the molecule is CC12CCC(=O)N1c1ccccc1C(=O)N2CCC(=O)Nc1ccc2c(c1)OCCCO2. The maximum atomic E-state index is 13.3. The van der Waals surface area contributed by atoms with Crippen molar-refractivity contribution < 1.29 is 23.9 Å². The Balaban J connectivity index is 1.31. The van der Waals surface area contributed by atoms with Crippen LogP contribution in [0.3, 0.4) is 0 Å². The molecule has 32 heavy (non-hydrogen) atoms. The predicted octanol–water partition coefficient (Wildman–Crippen LogP) is 3.18. The van der Waals surface area contributed by atoms with Gasteiger partial charge in [0.1, 0.15) is 5.66 Å². The van der Waals surface area contributed by atoms with E-state index in [9.17, 15) is 14.4 Å². The van der Waals surface area contributed by atoms with Crippen LogP contribution in [0.1, 0.15) is 43.0 Å². The van der Waals surface area contributed by atoms with E-state index in [0.29, 0.717) is 54.5 Å². The number of hydrogen-bond donors (Lipinski definition) is 1. The van der Waals surface area contributed by atoms with Gasteiger partial charge in [-0.25, -0.2) is 0 Å². The van der Waals surface area contributed by atoms with Gasteiger partial charge < -0.3 is 19.7 Å². The fourth-order valence-electron chi connectivity index (χ4n) is 4.72. The molecule has 0 bridgehead atoms. The zero-order chi connectivity index (χ0) is 22.3. The lowest BCUT2D eigenvalue weighted by Gasteiger charge is -2.48. The van der Waals surface area contributed by atoms with Crippen LogP contribution < -0.4 is 19.7 Å². The maximum absolute atomic E-state index is 13.3. The number of amides is 3. The van der Waals surface area contributed by atoms with Crippen molar-refractivity contribution in [2.75, 3.05) is 30.0 Å². The summed E-state index contributed by atoms with van der Waals surface area (Å²) in [7, 11) is 0. The highest BCUT2D eigenvalue weighted by Crippen LogP contribution is 2.44. The molecule has 1 N–H and O–H groups in total.